The zero-order valence-corrected chi connectivity index (χ0v) is 21.8. The minimum atomic E-state index is -4.46. The van der Waals surface area contributed by atoms with Crippen LogP contribution in [-0.4, -0.2) is 33.0 Å². The van der Waals surface area contributed by atoms with Crippen molar-refractivity contribution in [2.75, 3.05) is 0 Å². The topological polar surface area (TPSA) is 92.2 Å². The summed E-state index contributed by atoms with van der Waals surface area (Å²) in [5, 5.41) is 12.3. The molecule has 6 nitrogen and oxygen atoms in total. The van der Waals surface area contributed by atoms with E-state index in [9.17, 15) is 27.9 Å². The summed E-state index contributed by atoms with van der Waals surface area (Å²) in [7, 11) is 0. The van der Waals surface area contributed by atoms with Crippen LogP contribution in [0, 0.1) is 5.92 Å². The fourth-order valence-corrected chi connectivity index (χ4v) is 5.08. The molecule has 4 aromatic rings. The molecular weight excluding hydrogens is 519 g/mol. The second-order valence-corrected chi connectivity index (χ2v) is 10.3. The number of halogens is 3. The quantitative estimate of drug-likeness (QED) is 0.272. The summed E-state index contributed by atoms with van der Waals surface area (Å²) in [6.07, 6.45) is -1.62. The second-order valence-electron chi connectivity index (χ2n) is 10.3. The van der Waals surface area contributed by atoms with Gasteiger partial charge in [-0.25, -0.2) is 9.97 Å². The minimum Gasteiger partial charge on any atom is -0.481 e. The summed E-state index contributed by atoms with van der Waals surface area (Å²) in [5.74, 6) is -1.65. The van der Waals surface area contributed by atoms with Crippen molar-refractivity contribution in [2.45, 2.75) is 51.2 Å². The van der Waals surface area contributed by atoms with E-state index < -0.39 is 23.6 Å². The Balaban J connectivity index is 1.42. The van der Waals surface area contributed by atoms with Gasteiger partial charge in [0.05, 0.1) is 33.9 Å². The largest absolute Gasteiger partial charge is 0.481 e. The Labute approximate surface area is 229 Å². The van der Waals surface area contributed by atoms with Crippen molar-refractivity contribution in [2.24, 2.45) is 5.92 Å². The van der Waals surface area contributed by atoms with Gasteiger partial charge < -0.3 is 10.4 Å². The molecule has 1 heterocycles. The summed E-state index contributed by atoms with van der Waals surface area (Å²) in [6.45, 7) is 1.62. The third-order valence-corrected chi connectivity index (χ3v) is 7.34. The molecule has 0 aliphatic heterocycles. The summed E-state index contributed by atoms with van der Waals surface area (Å²) in [5.41, 5.74) is 4.57. The number of hydrogen-bond acceptors (Lipinski definition) is 4. The number of hydrogen-bond donors (Lipinski definition) is 2. The van der Waals surface area contributed by atoms with Crippen LogP contribution in [0.15, 0.2) is 66.7 Å². The molecule has 0 spiro atoms. The van der Waals surface area contributed by atoms with Crippen molar-refractivity contribution in [3.05, 3.63) is 94.7 Å². The number of fused-ring (bicyclic) bond motifs is 2. The molecule has 9 heteroatoms. The number of benzene rings is 3. The molecule has 0 saturated heterocycles. The number of aliphatic carboxylic acids is 1. The standard InChI is InChI=1S/C31H28F3N3O3/c1-18(30(39)40)5-4-8-26-28(19-9-12-23(13-10-19)31(32,33)34)37-25-14-11-22(17-27(25)36-26)29(38)35-24-15-20-6-2-3-7-21(20)16-24/h2-3,6-7,9-14,17-18,24H,4-5,8,15-16H2,1H3,(H,35,38)(H,39,40). The molecule has 206 valence electrons. The highest BCUT2D eigenvalue weighted by Gasteiger charge is 2.30. The lowest BCUT2D eigenvalue weighted by Gasteiger charge is -2.14. The number of alkyl halides is 3. The molecule has 0 radical (unpaired) electrons. The van der Waals surface area contributed by atoms with Gasteiger partial charge in [-0.1, -0.05) is 43.3 Å². The number of carboxylic acid groups (broad SMARTS) is 1. The van der Waals surface area contributed by atoms with Gasteiger partial charge in [0.1, 0.15) is 0 Å². The van der Waals surface area contributed by atoms with E-state index in [2.05, 4.69) is 17.4 Å². The zero-order valence-electron chi connectivity index (χ0n) is 21.8. The van der Waals surface area contributed by atoms with E-state index in [1.807, 2.05) is 12.1 Å². The molecule has 1 atom stereocenters. The predicted molar refractivity (Wildman–Crippen MR) is 145 cm³/mol. The Morgan fingerprint density at radius 1 is 0.975 bits per heavy atom. The first-order chi connectivity index (χ1) is 19.1. The molecular formula is C31H28F3N3O3. The number of carboxylic acids is 1. The fourth-order valence-electron chi connectivity index (χ4n) is 5.08. The Morgan fingerprint density at radius 2 is 1.65 bits per heavy atom. The first-order valence-electron chi connectivity index (χ1n) is 13.2. The molecule has 40 heavy (non-hydrogen) atoms. The average molecular weight is 548 g/mol. The van der Waals surface area contributed by atoms with Crippen LogP contribution in [-0.2, 0) is 30.2 Å². The molecule has 1 unspecified atom stereocenters. The van der Waals surface area contributed by atoms with Crippen LogP contribution in [0.25, 0.3) is 22.3 Å². The van der Waals surface area contributed by atoms with Crippen molar-refractivity contribution in [1.29, 1.82) is 0 Å². The lowest BCUT2D eigenvalue weighted by atomic mass is 10.00. The van der Waals surface area contributed by atoms with Gasteiger partial charge in [-0.15, -0.1) is 0 Å². The number of carbonyl (C=O) groups excluding carboxylic acids is 1. The van der Waals surface area contributed by atoms with Crippen LogP contribution >= 0.6 is 0 Å². The van der Waals surface area contributed by atoms with E-state index >= 15 is 0 Å². The summed E-state index contributed by atoms with van der Waals surface area (Å²) >= 11 is 0. The van der Waals surface area contributed by atoms with Gasteiger partial charge in [0.2, 0.25) is 0 Å². The van der Waals surface area contributed by atoms with Crippen LogP contribution < -0.4 is 5.32 Å². The Morgan fingerprint density at radius 3 is 2.27 bits per heavy atom. The fraction of sp³-hybridized carbons (Fsp3) is 0.290. The van der Waals surface area contributed by atoms with E-state index in [0.29, 0.717) is 52.8 Å². The third kappa shape index (κ3) is 5.98. The van der Waals surface area contributed by atoms with Crippen LogP contribution in [0.1, 0.15) is 52.5 Å². The number of rotatable bonds is 8. The minimum absolute atomic E-state index is 0.000475. The second kappa shape index (κ2) is 11.1. The van der Waals surface area contributed by atoms with Gasteiger partial charge in [-0.2, -0.15) is 13.2 Å². The molecule has 5 rings (SSSR count). The maximum atomic E-state index is 13.1. The molecule has 1 aliphatic rings. The van der Waals surface area contributed by atoms with Gasteiger partial charge in [-0.05, 0) is 73.6 Å². The average Bonchev–Trinajstić information content (AvgIpc) is 3.34. The van der Waals surface area contributed by atoms with Crippen LogP contribution in [0.4, 0.5) is 13.2 Å². The number of aryl methyl sites for hydroxylation is 1. The van der Waals surface area contributed by atoms with Crippen molar-refractivity contribution in [1.82, 2.24) is 15.3 Å². The summed E-state index contributed by atoms with van der Waals surface area (Å²) in [6, 6.07) is 17.9. The number of nitrogens with one attached hydrogen (secondary N) is 1. The highest BCUT2D eigenvalue weighted by molar-refractivity contribution is 5.97. The van der Waals surface area contributed by atoms with Crippen LogP contribution in [0.5, 0.6) is 0 Å². The molecule has 1 amide bonds. The van der Waals surface area contributed by atoms with E-state index in [1.165, 1.54) is 23.3 Å². The Hall–Kier alpha value is -4.27. The van der Waals surface area contributed by atoms with Crippen molar-refractivity contribution >= 4 is 22.9 Å². The van der Waals surface area contributed by atoms with Crippen molar-refractivity contribution in [3.8, 4) is 11.3 Å². The van der Waals surface area contributed by atoms with Gasteiger partial charge in [-0.3, -0.25) is 9.59 Å². The normalized spacial score (nSPS) is 14.2. The van der Waals surface area contributed by atoms with Gasteiger partial charge in [0.25, 0.3) is 5.91 Å². The SMILES string of the molecule is CC(CCCc1nc2cc(C(=O)NC3Cc4ccccc4C3)ccc2nc1-c1ccc(C(F)(F)F)cc1)C(=O)O. The molecule has 0 fully saturated rings. The van der Waals surface area contributed by atoms with E-state index in [0.717, 1.165) is 25.0 Å². The molecule has 3 aromatic carbocycles. The summed E-state index contributed by atoms with van der Waals surface area (Å²) in [4.78, 5) is 33.8. The van der Waals surface area contributed by atoms with Crippen LogP contribution in [0.3, 0.4) is 0 Å². The monoisotopic (exact) mass is 547 g/mol. The number of amides is 1. The molecule has 2 N–H and O–H groups in total. The first-order valence-corrected chi connectivity index (χ1v) is 13.2. The molecule has 0 bridgehead atoms. The zero-order chi connectivity index (χ0) is 28.4. The molecule has 0 saturated carbocycles. The number of aromatic nitrogens is 2. The predicted octanol–water partition coefficient (Wildman–Crippen LogP) is 6.26. The lowest BCUT2D eigenvalue weighted by molar-refractivity contribution is -0.141. The van der Waals surface area contributed by atoms with E-state index in [1.54, 1.807) is 25.1 Å². The van der Waals surface area contributed by atoms with Crippen molar-refractivity contribution in [3.63, 3.8) is 0 Å². The van der Waals surface area contributed by atoms with E-state index in [4.69, 9.17) is 9.97 Å². The number of carbonyl (C=O) groups is 2. The lowest BCUT2D eigenvalue weighted by Crippen LogP contribution is -2.35. The van der Waals surface area contributed by atoms with E-state index in [-0.39, 0.29) is 11.9 Å². The third-order valence-electron chi connectivity index (χ3n) is 7.34. The van der Waals surface area contributed by atoms with Gasteiger partial charge in [0.15, 0.2) is 0 Å². The van der Waals surface area contributed by atoms with Crippen molar-refractivity contribution < 1.29 is 27.9 Å². The Bertz CT molecular complexity index is 1540. The highest BCUT2D eigenvalue weighted by Crippen LogP contribution is 2.32. The number of nitrogens with zero attached hydrogens (tertiary/aromatic N) is 2. The smallest absolute Gasteiger partial charge is 0.416 e. The van der Waals surface area contributed by atoms with Crippen LogP contribution in [0.2, 0.25) is 0 Å². The first kappa shape index (κ1) is 27.3. The maximum Gasteiger partial charge on any atom is 0.416 e. The maximum absolute atomic E-state index is 13.1. The van der Waals surface area contributed by atoms with Gasteiger partial charge >= 0.3 is 12.1 Å². The molecule has 1 aromatic heterocycles. The summed E-state index contributed by atoms with van der Waals surface area (Å²) < 4.78 is 39.3. The highest BCUT2D eigenvalue weighted by atomic mass is 19.4. The molecule has 1 aliphatic carbocycles. The van der Waals surface area contributed by atoms with Gasteiger partial charge in [0, 0.05) is 17.2 Å². The Kier molecular flexibility index (Phi) is 7.56.